The lowest BCUT2D eigenvalue weighted by Crippen LogP contribution is -2.38. The predicted octanol–water partition coefficient (Wildman–Crippen LogP) is 3.38. The van der Waals surface area contributed by atoms with E-state index in [0.717, 1.165) is 42.8 Å². The summed E-state index contributed by atoms with van der Waals surface area (Å²) in [7, 11) is 0. The van der Waals surface area contributed by atoms with Crippen molar-refractivity contribution in [3.8, 4) is 0 Å². The standard InChI is InChI=1S/C16H23ClN2O/c1-2-5-13(11-18)16(20)19-9-4-8-15(19)12-6-3-7-14(17)10-12/h3,6-7,10,13,15H,2,4-5,8-9,11,18H2,1H3. The van der Waals surface area contributed by atoms with Crippen molar-refractivity contribution in [1.29, 1.82) is 0 Å². The van der Waals surface area contributed by atoms with E-state index in [9.17, 15) is 4.79 Å². The van der Waals surface area contributed by atoms with Gasteiger partial charge in [0.15, 0.2) is 0 Å². The maximum absolute atomic E-state index is 12.6. The third kappa shape index (κ3) is 3.33. The number of likely N-dealkylation sites (tertiary alicyclic amines) is 1. The Kier molecular flexibility index (Phi) is 5.44. The Morgan fingerprint density at radius 3 is 3.00 bits per heavy atom. The van der Waals surface area contributed by atoms with Crippen molar-refractivity contribution in [3.63, 3.8) is 0 Å². The zero-order valence-electron chi connectivity index (χ0n) is 12.0. The lowest BCUT2D eigenvalue weighted by atomic mass is 9.99. The molecule has 2 N–H and O–H groups in total. The second-order valence-electron chi connectivity index (χ2n) is 5.47. The van der Waals surface area contributed by atoms with Crippen LogP contribution in [0.3, 0.4) is 0 Å². The Labute approximate surface area is 126 Å². The van der Waals surface area contributed by atoms with Crippen LogP contribution in [0.2, 0.25) is 5.02 Å². The quantitative estimate of drug-likeness (QED) is 0.905. The highest BCUT2D eigenvalue weighted by Gasteiger charge is 2.33. The van der Waals surface area contributed by atoms with E-state index in [2.05, 4.69) is 13.0 Å². The van der Waals surface area contributed by atoms with Crippen LogP contribution in [0.15, 0.2) is 24.3 Å². The maximum atomic E-state index is 12.6. The van der Waals surface area contributed by atoms with Crippen molar-refractivity contribution in [1.82, 2.24) is 4.90 Å². The van der Waals surface area contributed by atoms with E-state index in [1.54, 1.807) is 0 Å². The Hall–Kier alpha value is -1.06. The molecule has 4 heteroatoms. The largest absolute Gasteiger partial charge is 0.335 e. The lowest BCUT2D eigenvalue weighted by Gasteiger charge is -2.28. The summed E-state index contributed by atoms with van der Waals surface area (Å²) in [4.78, 5) is 14.6. The molecule has 1 amide bonds. The monoisotopic (exact) mass is 294 g/mol. The summed E-state index contributed by atoms with van der Waals surface area (Å²) in [6.45, 7) is 3.36. The highest BCUT2D eigenvalue weighted by Crippen LogP contribution is 2.34. The summed E-state index contributed by atoms with van der Waals surface area (Å²) in [5.74, 6) is 0.164. The van der Waals surface area contributed by atoms with Crippen LogP contribution in [-0.2, 0) is 4.79 Å². The number of halogens is 1. The topological polar surface area (TPSA) is 46.3 Å². The summed E-state index contributed by atoms with van der Waals surface area (Å²) in [6.07, 6.45) is 3.92. The van der Waals surface area contributed by atoms with E-state index in [1.165, 1.54) is 0 Å². The predicted molar refractivity (Wildman–Crippen MR) is 82.6 cm³/mol. The van der Waals surface area contributed by atoms with Gasteiger partial charge >= 0.3 is 0 Å². The van der Waals surface area contributed by atoms with Crippen molar-refractivity contribution in [2.24, 2.45) is 11.7 Å². The number of carbonyl (C=O) groups is 1. The Balaban J connectivity index is 2.16. The minimum atomic E-state index is -0.0419. The van der Waals surface area contributed by atoms with Crippen LogP contribution in [0, 0.1) is 5.92 Å². The van der Waals surface area contributed by atoms with Crippen LogP contribution in [0.1, 0.15) is 44.2 Å². The first kappa shape index (κ1) is 15.3. The summed E-state index contributed by atoms with van der Waals surface area (Å²) in [5.41, 5.74) is 6.90. The molecule has 0 aromatic heterocycles. The fraction of sp³-hybridized carbons (Fsp3) is 0.562. The molecule has 3 nitrogen and oxygen atoms in total. The van der Waals surface area contributed by atoms with Gasteiger partial charge in [0.2, 0.25) is 5.91 Å². The molecule has 1 heterocycles. The fourth-order valence-corrected chi connectivity index (χ4v) is 3.21. The second-order valence-corrected chi connectivity index (χ2v) is 5.90. The van der Waals surface area contributed by atoms with E-state index in [1.807, 2.05) is 23.1 Å². The minimum Gasteiger partial charge on any atom is -0.335 e. The molecule has 1 aromatic rings. The molecule has 0 spiro atoms. The third-order valence-corrected chi connectivity index (χ3v) is 4.28. The molecular weight excluding hydrogens is 272 g/mol. The molecule has 0 bridgehead atoms. The minimum absolute atomic E-state index is 0.0419. The zero-order chi connectivity index (χ0) is 14.5. The molecule has 1 aromatic carbocycles. The van der Waals surface area contributed by atoms with Crippen molar-refractivity contribution in [2.75, 3.05) is 13.1 Å². The Morgan fingerprint density at radius 2 is 2.35 bits per heavy atom. The number of nitrogens with two attached hydrogens (primary N) is 1. The van der Waals surface area contributed by atoms with Crippen molar-refractivity contribution in [3.05, 3.63) is 34.9 Å². The van der Waals surface area contributed by atoms with Gasteiger partial charge in [-0.25, -0.2) is 0 Å². The second kappa shape index (κ2) is 7.09. The first-order valence-corrected chi connectivity index (χ1v) is 7.81. The fourth-order valence-electron chi connectivity index (χ4n) is 3.02. The van der Waals surface area contributed by atoms with Gasteiger partial charge in [0, 0.05) is 18.1 Å². The first-order valence-electron chi connectivity index (χ1n) is 7.43. The highest BCUT2D eigenvalue weighted by atomic mass is 35.5. The maximum Gasteiger partial charge on any atom is 0.227 e. The third-order valence-electron chi connectivity index (χ3n) is 4.04. The molecule has 1 saturated heterocycles. The normalized spacial score (nSPS) is 20.1. The van der Waals surface area contributed by atoms with Gasteiger partial charge in [-0.1, -0.05) is 37.1 Å². The molecule has 2 rings (SSSR count). The summed E-state index contributed by atoms with van der Waals surface area (Å²) >= 11 is 6.07. The van der Waals surface area contributed by atoms with Gasteiger partial charge in [0.1, 0.15) is 0 Å². The lowest BCUT2D eigenvalue weighted by molar-refractivity contribution is -0.136. The first-order chi connectivity index (χ1) is 9.67. The number of amides is 1. The Morgan fingerprint density at radius 1 is 1.55 bits per heavy atom. The Bertz CT molecular complexity index is 464. The SMILES string of the molecule is CCCC(CN)C(=O)N1CCCC1c1cccc(Cl)c1. The molecule has 1 fully saturated rings. The number of rotatable bonds is 5. The smallest absolute Gasteiger partial charge is 0.227 e. The summed E-state index contributed by atoms with van der Waals surface area (Å²) in [5, 5.41) is 0.728. The van der Waals surface area contributed by atoms with E-state index in [0.29, 0.717) is 6.54 Å². The molecule has 20 heavy (non-hydrogen) atoms. The van der Waals surface area contributed by atoms with Crippen molar-refractivity contribution < 1.29 is 4.79 Å². The van der Waals surface area contributed by atoms with Gasteiger partial charge in [-0.3, -0.25) is 4.79 Å². The summed E-state index contributed by atoms with van der Waals surface area (Å²) in [6, 6.07) is 8.00. The number of benzene rings is 1. The van der Waals surface area contributed by atoms with E-state index < -0.39 is 0 Å². The van der Waals surface area contributed by atoms with Crippen LogP contribution >= 0.6 is 11.6 Å². The van der Waals surface area contributed by atoms with Gasteiger partial charge in [0.05, 0.1) is 12.0 Å². The number of carbonyl (C=O) groups excluding carboxylic acids is 1. The molecule has 1 aliphatic rings. The average molecular weight is 295 g/mol. The van der Waals surface area contributed by atoms with E-state index in [4.69, 9.17) is 17.3 Å². The molecule has 1 aliphatic heterocycles. The van der Waals surface area contributed by atoms with Crippen LogP contribution in [0.5, 0.6) is 0 Å². The van der Waals surface area contributed by atoms with E-state index in [-0.39, 0.29) is 17.9 Å². The molecule has 2 atom stereocenters. The average Bonchev–Trinajstić information content (AvgIpc) is 2.93. The molecular formula is C16H23ClN2O. The molecule has 0 saturated carbocycles. The number of hydrogen-bond acceptors (Lipinski definition) is 2. The molecule has 2 unspecified atom stereocenters. The van der Waals surface area contributed by atoms with Crippen LogP contribution < -0.4 is 5.73 Å². The molecule has 0 radical (unpaired) electrons. The van der Waals surface area contributed by atoms with Crippen molar-refractivity contribution in [2.45, 2.75) is 38.6 Å². The number of hydrogen-bond donors (Lipinski definition) is 1. The zero-order valence-corrected chi connectivity index (χ0v) is 12.8. The van der Waals surface area contributed by atoms with Gasteiger partial charge in [-0.05, 0) is 37.0 Å². The molecule has 110 valence electrons. The highest BCUT2D eigenvalue weighted by molar-refractivity contribution is 6.30. The van der Waals surface area contributed by atoms with Crippen LogP contribution in [0.4, 0.5) is 0 Å². The van der Waals surface area contributed by atoms with Crippen LogP contribution in [-0.4, -0.2) is 23.9 Å². The van der Waals surface area contributed by atoms with Gasteiger partial charge < -0.3 is 10.6 Å². The van der Waals surface area contributed by atoms with Crippen molar-refractivity contribution >= 4 is 17.5 Å². The van der Waals surface area contributed by atoms with E-state index >= 15 is 0 Å². The summed E-state index contributed by atoms with van der Waals surface area (Å²) < 4.78 is 0. The van der Waals surface area contributed by atoms with Gasteiger partial charge in [-0.15, -0.1) is 0 Å². The van der Waals surface area contributed by atoms with Gasteiger partial charge in [0.25, 0.3) is 0 Å². The number of nitrogens with zero attached hydrogens (tertiary/aromatic N) is 1. The van der Waals surface area contributed by atoms with Gasteiger partial charge in [-0.2, -0.15) is 0 Å². The van der Waals surface area contributed by atoms with Crippen LogP contribution in [0.25, 0.3) is 0 Å². The molecule has 0 aliphatic carbocycles.